The topological polar surface area (TPSA) is 34.9 Å². The number of rotatable bonds is 6. The Kier molecular flexibility index (Phi) is 4.98. The molecule has 1 aromatic heterocycles. The van der Waals surface area contributed by atoms with Gasteiger partial charge in [0.25, 0.3) is 0 Å². The van der Waals surface area contributed by atoms with E-state index in [1.807, 2.05) is 22.8 Å². The van der Waals surface area contributed by atoms with Crippen molar-refractivity contribution in [1.29, 1.82) is 0 Å². The lowest BCUT2D eigenvalue weighted by Gasteiger charge is -2.14. The fourth-order valence-corrected chi connectivity index (χ4v) is 3.95. The van der Waals surface area contributed by atoms with Crippen LogP contribution in [0.3, 0.4) is 0 Å². The molecule has 0 bridgehead atoms. The molecule has 0 N–H and O–H groups in total. The van der Waals surface area contributed by atoms with E-state index in [2.05, 4.69) is 24.0 Å². The maximum absolute atomic E-state index is 12.4. The van der Waals surface area contributed by atoms with Gasteiger partial charge in [-0.15, -0.1) is 11.8 Å². The second kappa shape index (κ2) is 7.14. The molecule has 0 aliphatic heterocycles. The molecule has 2 aromatic rings. The number of benzene rings is 1. The van der Waals surface area contributed by atoms with Gasteiger partial charge in [-0.3, -0.25) is 4.57 Å². The number of aromatic nitrogens is 2. The highest BCUT2D eigenvalue weighted by atomic mass is 32.2. The maximum Gasteiger partial charge on any atom is 0.348 e. The van der Waals surface area contributed by atoms with Gasteiger partial charge in [-0.25, -0.2) is 4.79 Å². The Balaban J connectivity index is 1.86. The van der Waals surface area contributed by atoms with Crippen molar-refractivity contribution in [1.82, 2.24) is 9.55 Å². The molecule has 116 valence electrons. The molecule has 0 fully saturated rings. The van der Waals surface area contributed by atoms with Crippen LogP contribution in [0.25, 0.3) is 0 Å². The van der Waals surface area contributed by atoms with Crippen LogP contribution < -0.4 is 5.69 Å². The number of nitrogens with zero attached hydrogens (tertiary/aromatic N) is 2. The molecule has 4 heteroatoms. The van der Waals surface area contributed by atoms with Crippen molar-refractivity contribution in [2.45, 2.75) is 50.6 Å². The minimum atomic E-state index is -0.0739. The first-order valence-corrected chi connectivity index (χ1v) is 9.07. The summed E-state index contributed by atoms with van der Waals surface area (Å²) >= 11 is 1.74. The van der Waals surface area contributed by atoms with Crippen LogP contribution in [0.2, 0.25) is 0 Å². The van der Waals surface area contributed by atoms with Crippen LogP contribution in [0.15, 0.2) is 40.2 Å². The van der Waals surface area contributed by atoms with Gasteiger partial charge in [0.05, 0.1) is 0 Å². The molecule has 1 heterocycles. The van der Waals surface area contributed by atoms with Crippen molar-refractivity contribution in [2.24, 2.45) is 0 Å². The highest BCUT2D eigenvalue weighted by molar-refractivity contribution is 7.99. The van der Waals surface area contributed by atoms with Crippen LogP contribution in [-0.2, 0) is 25.8 Å². The molecule has 3 rings (SSSR count). The molecule has 0 unspecified atom stereocenters. The van der Waals surface area contributed by atoms with E-state index in [1.165, 1.54) is 16.8 Å². The van der Waals surface area contributed by atoms with Gasteiger partial charge in [0.2, 0.25) is 0 Å². The molecular weight excluding hydrogens is 292 g/mol. The van der Waals surface area contributed by atoms with Crippen LogP contribution in [0.4, 0.5) is 0 Å². The fraction of sp³-hybridized carbons (Fsp3) is 0.444. The quantitative estimate of drug-likeness (QED) is 0.605. The Morgan fingerprint density at radius 2 is 2.05 bits per heavy atom. The molecule has 1 aliphatic carbocycles. The monoisotopic (exact) mass is 314 g/mol. The van der Waals surface area contributed by atoms with E-state index >= 15 is 0 Å². The van der Waals surface area contributed by atoms with Gasteiger partial charge in [0, 0.05) is 17.8 Å². The van der Waals surface area contributed by atoms with Crippen LogP contribution in [-0.4, -0.2) is 15.3 Å². The van der Waals surface area contributed by atoms with Crippen molar-refractivity contribution in [3.05, 3.63) is 57.6 Å². The Hall–Kier alpha value is -1.55. The first kappa shape index (κ1) is 15.3. The highest BCUT2D eigenvalue weighted by Gasteiger charge is 2.21. The Bertz CT molecular complexity index is 694. The molecule has 22 heavy (non-hydrogen) atoms. The summed E-state index contributed by atoms with van der Waals surface area (Å²) in [5, 5.41) is 0.982. The van der Waals surface area contributed by atoms with E-state index in [1.54, 1.807) is 11.8 Å². The van der Waals surface area contributed by atoms with Crippen molar-refractivity contribution in [3.8, 4) is 0 Å². The molecule has 0 atom stereocenters. The smallest absolute Gasteiger partial charge is 0.296 e. The Morgan fingerprint density at radius 3 is 2.82 bits per heavy atom. The van der Waals surface area contributed by atoms with E-state index in [-0.39, 0.29) is 5.69 Å². The second-order valence-corrected chi connectivity index (χ2v) is 6.80. The standard InChI is InChI=1S/C18H22N2OS/c1-2-13-22-17-15-9-6-10-16(15)20(18(21)19-17)12-11-14-7-4-3-5-8-14/h3-5,7-8H,2,6,9-13H2,1H3. The molecule has 0 saturated carbocycles. The number of fused-ring (bicyclic) bond motifs is 1. The summed E-state index contributed by atoms with van der Waals surface area (Å²) in [6.45, 7) is 2.89. The summed E-state index contributed by atoms with van der Waals surface area (Å²) in [6.07, 6.45) is 5.22. The zero-order chi connectivity index (χ0) is 15.4. The fourth-order valence-electron chi connectivity index (χ4n) is 3.02. The normalized spacial score (nSPS) is 13.3. The van der Waals surface area contributed by atoms with Crippen LogP contribution >= 0.6 is 11.8 Å². The van der Waals surface area contributed by atoms with Crippen molar-refractivity contribution in [3.63, 3.8) is 0 Å². The van der Waals surface area contributed by atoms with Gasteiger partial charge < -0.3 is 0 Å². The minimum Gasteiger partial charge on any atom is -0.296 e. The minimum absolute atomic E-state index is 0.0739. The van der Waals surface area contributed by atoms with Crippen LogP contribution in [0.5, 0.6) is 0 Å². The SMILES string of the molecule is CCCSc1nc(=O)n(CCc2ccccc2)c2c1CCC2. The third-order valence-corrected chi connectivity index (χ3v) is 5.33. The van der Waals surface area contributed by atoms with Gasteiger partial charge in [0.15, 0.2) is 0 Å². The molecule has 0 saturated heterocycles. The van der Waals surface area contributed by atoms with Gasteiger partial charge in [-0.2, -0.15) is 4.98 Å². The number of thioether (sulfide) groups is 1. The number of hydrogen-bond acceptors (Lipinski definition) is 3. The first-order chi connectivity index (χ1) is 10.8. The van der Waals surface area contributed by atoms with Crippen LogP contribution in [0.1, 0.15) is 36.6 Å². The zero-order valence-corrected chi connectivity index (χ0v) is 13.9. The second-order valence-electron chi connectivity index (χ2n) is 5.71. The highest BCUT2D eigenvalue weighted by Crippen LogP contribution is 2.29. The van der Waals surface area contributed by atoms with Crippen molar-refractivity contribution >= 4 is 11.8 Å². The molecule has 3 nitrogen and oxygen atoms in total. The van der Waals surface area contributed by atoms with E-state index < -0.39 is 0 Å². The van der Waals surface area contributed by atoms with Gasteiger partial charge >= 0.3 is 5.69 Å². The molecule has 0 radical (unpaired) electrons. The summed E-state index contributed by atoms with van der Waals surface area (Å²) in [5.41, 5.74) is 3.75. The van der Waals surface area contributed by atoms with E-state index in [9.17, 15) is 4.79 Å². The lowest BCUT2D eigenvalue weighted by molar-refractivity contribution is 0.607. The number of hydrogen-bond donors (Lipinski definition) is 0. The summed E-state index contributed by atoms with van der Waals surface area (Å²) in [7, 11) is 0. The van der Waals surface area contributed by atoms with Crippen molar-refractivity contribution in [2.75, 3.05) is 5.75 Å². The summed E-state index contributed by atoms with van der Waals surface area (Å²) in [5.74, 6) is 1.03. The Morgan fingerprint density at radius 1 is 1.23 bits per heavy atom. The lowest BCUT2D eigenvalue weighted by Crippen LogP contribution is -2.28. The molecule has 0 spiro atoms. The number of aryl methyl sites for hydroxylation is 1. The van der Waals surface area contributed by atoms with E-state index in [0.29, 0.717) is 0 Å². The third-order valence-electron chi connectivity index (χ3n) is 4.11. The van der Waals surface area contributed by atoms with Gasteiger partial charge in [-0.05, 0) is 43.4 Å². The lowest BCUT2D eigenvalue weighted by atomic mass is 10.1. The summed E-state index contributed by atoms with van der Waals surface area (Å²) in [4.78, 5) is 16.8. The van der Waals surface area contributed by atoms with Crippen molar-refractivity contribution < 1.29 is 0 Å². The predicted molar refractivity (Wildman–Crippen MR) is 91.7 cm³/mol. The average Bonchev–Trinajstić information content (AvgIpc) is 3.02. The maximum atomic E-state index is 12.4. The summed E-state index contributed by atoms with van der Waals surface area (Å²) < 4.78 is 1.91. The third kappa shape index (κ3) is 3.27. The molecule has 1 aromatic carbocycles. The van der Waals surface area contributed by atoms with Gasteiger partial charge in [-0.1, -0.05) is 37.3 Å². The van der Waals surface area contributed by atoms with E-state index in [0.717, 1.165) is 49.4 Å². The zero-order valence-electron chi connectivity index (χ0n) is 13.0. The predicted octanol–water partition coefficient (Wildman–Crippen LogP) is 3.48. The van der Waals surface area contributed by atoms with Gasteiger partial charge in [0.1, 0.15) is 5.03 Å². The Labute approximate surface area is 135 Å². The average molecular weight is 314 g/mol. The first-order valence-electron chi connectivity index (χ1n) is 8.09. The molecule has 1 aliphatic rings. The van der Waals surface area contributed by atoms with E-state index in [4.69, 9.17) is 0 Å². The molecular formula is C18H22N2OS. The largest absolute Gasteiger partial charge is 0.348 e. The summed E-state index contributed by atoms with van der Waals surface area (Å²) in [6, 6.07) is 10.3. The molecule has 0 amide bonds. The van der Waals surface area contributed by atoms with Crippen LogP contribution in [0, 0.1) is 0 Å².